The first-order valence-corrected chi connectivity index (χ1v) is 4.43. The van der Waals surface area contributed by atoms with Crippen molar-refractivity contribution in [1.29, 1.82) is 0 Å². The van der Waals surface area contributed by atoms with Gasteiger partial charge >= 0.3 is 0 Å². The summed E-state index contributed by atoms with van der Waals surface area (Å²) in [4.78, 5) is 0. The van der Waals surface area contributed by atoms with Crippen LogP contribution in [-0.2, 0) is 11.0 Å². The average molecular weight is 149 g/mol. The fourth-order valence-corrected chi connectivity index (χ4v) is 1.22. The summed E-state index contributed by atoms with van der Waals surface area (Å²) in [6.07, 6.45) is 0.927. The second-order valence-electron chi connectivity index (χ2n) is 3.40. The van der Waals surface area contributed by atoms with Crippen LogP contribution in [0.25, 0.3) is 0 Å². The van der Waals surface area contributed by atoms with Crippen molar-refractivity contribution in [3.8, 4) is 0 Å². The summed E-state index contributed by atoms with van der Waals surface area (Å²) in [5, 5.41) is 5.07. The Labute approximate surface area is 59.4 Å². The van der Waals surface area contributed by atoms with Gasteiger partial charge in [-0.05, 0) is 11.8 Å². The largest absolute Gasteiger partial charge is 0.252 e. The number of nitrogens with two attached hydrogens (primary N) is 1. The van der Waals surface area contributed by atoms with Crippen LogP contribution in [0.3, 0.4) is 0 Å². The molecule has 1 unspecified atom stereocenters. The smallest absolute Gasteiger partial charge is 0.0888 e. The Balaban J connectivity index is 3.39. The minimum atomic E-state index is -1.11. The van der Waals surface area contributed by atoms with Gasteiger partial charge in [0.1, 0.15) is 0 Å². The SMILES string of the molecule is CC(C)(C)CCS(N)=O. The van der Waals surface area contributed by atoms with Crippen molar-refractivity contribution in [2.24, 2.45) is 10.6 Å². The summed E-state index contributed by atoms with van der Waals surface area (Å²) in [6.45, 7) is 6.33. The molecule has 56 valence electrons. The van der Waals surface area contributed by atoms with Crippen molar-refractivity contribution < 1.29 is 4.21 Å². The lowest BCUT2D eigenvalue weighted by Crippen LogP contribution is -2.14. The van der Waals surface area contributed by atoms with E-state index in [1.807, 2.05) is 0 Å². The lowest BCUT2D eigenvalue weighted by Gasteiger charge is -2.15. The molecular formula is C6H15NOS. The molecule has 1 atom stereocenters. The predicted octanol–water partition coefficient (Wildman–Crippen LogP) is 1.05. The fourth-order valence-electron chi connectivity index (χ4n) is 0.407. The zero-order chi connectivity index (χ0) is 7.49. The van der Waals surface area contributed by atoms with Gasteiger partial charge in [0, 0.05) is 5.75 Å². The van der Waals surface area contributed by atoms with E-state index in [9.17, 15) is 4.21 Å². The van der Waals surface area contributed by atoms with Crippen molar-refractivity contribution in [3.63, 3.8) is 0 Å². The lowest BCUT2D eigenvalue weighted by molar-refractivity contribution is 0.400. The fraction of sp³-hybridized carbons (Fsp3) is 1.00. The molecular weight excluding hydrogens is 134 g/mol. The van der Waals surface area contributed by atoms with Crippen molar-refractivity contribution in [3.05, 3.63) is 0 Å². The summed E-state index contributed by atoms with van der Waals surface area (Å²) >= 11 is 0. The van der Waals surface area contributed by atoms with Gasteiger partial charge in [0.25, 0.3) is 0 Å². The molecule has 3 heteroatoms. The van der Waals surface area contributed by atoms with Crippen LogP contribution in [0.1, 0.15) is 27.2 Å². The van der Waals surface area contributed by atoms with Crippen LogP contribution in [0.15, 0.2) is 0 Å². The first-order chi connectivity index (χ1) is 3.92. The molecule has 0 fully saturated rings. The molecule has 0 amide bonds. The summed E-state index contributed by atoms with van der Waals surface area (Å²) in [7, 11) is -1.11. The van der Waals surface area contributed by atoms with E-state index < -0.39 is 11.0 Å². The maximum atomic E-state index is 10.4. The molecule has 2 N–H and O–H groups in total. The Morgan fingerprint density at radius 2 is 1.89 bits per heavy atom. The Kier molecular flexibility index (Phi) is 3.36. The number of hydrogen-bond donors (Lipinski definition) is 1. The standard InChI is InChI=1S/C6H15NOS/c1-6(2,3)4-5-9(7)8/h4-5,7H2,1-3H3. The minimum Gasteiger partial charge on any atom is -0.252 e. The third kappa shape index (κ3) is 8.11. The van der Waals surface area contributed by atoms with Crippen LogP contribution in [0.2, 0.25) is 0 Å². The van der Waals surface area contributed by atoms with Gasteiger partial charge in [0.05, 0.1) is 11.0 Å². The van der Waals surface area contributed by atoms with E-state index in [1.54, 1.807) is 0 Å². The summed E-state index contributed by atoms with van der Waals surface area (Å²) in [5.41, 5.74) is 0.259. The molecule has 0 aliphatic rings. The Morgan fingerprint density at radius 3 is 2.00 bits per heavy atom. The van der Waals surface area contributed by atoms with E-state index in [1.165, 1.54) is 0 Å². The molecule has 0 rings (SSSR count). The summed E-state index contributed by atoms with van der Waals surface area (Å²) in [6, 6.07) is 0. The Morgan fingerprint density at radius 1 is 1.44 bits per heavy atom. The highest BCUT2D eigenvalue weighted by molar-refractivity contribution is 7.82. The van der Waals surface area contributed by atoms with Crippen molar-refractivity contribution in [2.45, 2.75) is 27.2 Å². The first kappa shape index (κ1) is 9.11. The van der Waals surface area contributed by atoms with Gasteiger partial charge in [-0.2, -0.15) is 0 Å². The van der Waals surface area contributed by atoms with Gasteiger partial charge < -0.3 is 0 Å². The van der Waals surface area contributed by atoms with Gasteiger partial charge in [0.2, 0.25) is 0 Å². The third-order valence-corrected chi connectivity index (χ3v) is 1.66. The molecule has 0 heterocycles. The Hall–Kier alpha value is 0.110. The molecule has 0 spiro atoms. The van der Waals surface area contributed by atoms with Crippen molar-refractivity contribution >= 4 is 11.0 Å². The molecule has 0 aliphatic heterocycles. The van der Waals surface area contributed by atoms with Crippen LogP contribution in [0, 0.1) is 5.41 Å². The van der Waals surface area contributed by atoms with Crippen LogP contribution < -0.4 is 5.14 Å². The number of hydrogen-bond acceptors (Lipinski definition) is 1. The van der Waals surface area contributed by atoms with E-state index in [-0.39, 0.29) is 5.41 Å². The van der Waals surface area contributed by atoms with Crippen LogP contribution in [0.4, 0.5) is 0 Å². The Bertz CT molecular complexity index is 106. The van der Waals surface area contributed by atoms with Gasteiger partial charge in [-0.15, -0.1) is 0 Å². The van der Waals surface area contributed by atoms with E-state index in [2.05, 4.69) is 20.8 Å². The van der Waals surface area contributed by atoms with E-state index in [0.717, 1.165) is 6.42 Å². The molecule has 0 bridgehead atoms. The molecule has 0 aromatic heterocycles. The van der Waals surface area contributed by atoms with Crippen molar-refractivity contribution in [1.82, 2.24) is 0 Å². The van der Waals surface area contributed by atoms with Gasteiger partial charge in [-0.25, -0.2) is 4.21 Å². The zero-order valence-corrected chi connectivity index (χ0v) is 7.12. The molecule has 0 aromatic carbocycles. The van der Waals surface area contributed by atoms with E-state index in [0.29, 0.717) is 5.75 Å². The van der Waals surface area contributed by atoms with Crippen LogP contribution >= 0.6 is 0 Å². The monoisotopic (exact) mass is 149 g/mol. The van der Waals surface area contributed by atoms with Crippen LogP contribution in [-0.4, -0.2) is 9.96 Å². The van der Waals surface area contributed by atoms with E-state index in [4.69, 9.17) is 5.14 Å². The molecule has 9 heavy (non-hydrogen) atoms. The van der Waals surface area contributed by atoms with Gasteiger partial charge in [-0.3, -0.25) is 5.14 Å². The summed E-state index contributed by atoms with van der Waals surface area (Å²) in [5.74, 6) is 0.615. The van der Waals surface area contributed by atoms with Gasteiger partial charge in [-0.1, -0.05) is 20.8 Å². The summed E-state index contributed by atoms with van der Waals surface area (Å²) < 4.78 is 10.4. The molecule has 0 aromatic rings. The molecule has 0 radical (unpaired) electrons. The average Bonchev–Trinajstić information content (AvgIpc) is 1.59. The lowest BCUT2D eigenvalue weighted by atomic mass is 9.94. The van der Waals surface area contributed by atoms with Crippen LogP contribution in [0.5, 0.6) is 0 Å². The molecule has 0 saturated carbocycles. The van der Waals surface area contributed by atoms with E-state index >= 15 is 0 Å². The quantitative estimate of drug-likeness (QED) is 0.626. The minimum absolute atomic E-state index is 0.259. The normalized spacial score (nSPS) is 15.6. The number of rotatable bonds is 2. The first-order valence-electron chi connectivity index (χ1n) is 3.04. The molecule has 0 aliphatic carbocycles. The molecule has 2 nitrogen and oxygen atoms in total. The second-order valence-corrected chi connectivity index (χ2v) is 4.57. The van der Waals surface area contributed by atoms with Crippen molar-refractivity contribution in [2.75, 3.05) is 5.75 Å². The van der Waals surface area contributed by atoms with Gasteiger partial charge in [0.15, 0.2) is 0 Å². The zero-order valence-electron chi connectivity index (χ0n) is 6.31. The third-order valence-electron chi connectivity index (χ3n) is 1.05. The highest BCUT2D eigenvalue weighted by Crippen LogP contribution is 2.17. The molecule has 0 saturated heterocycles. The second kappa shape index (κ2) is 3.32. The maximum Gasteiger partial charge on any atom is 0.0888 e. The predicted molar refractivity (Wildman–Crippen MR) is 41.3 cm³/mol. The maximum absolute atomic E-state index is 10.4. The highest BCUT2D eigenvalue weighted by atomic mass is 32.2. The topological polar surface area (TPSA) is 43.1 Å². The highest BCUT2D eigenvalue weighted by Gasteiger charge is 2.09.